The third-order valence-corrected chi connectivity index (χ3v) is 5.76. The van der Waals surface area contributed by atoms with Gasteiger partial charge in [-0.3, -0.25) is 14.5 Å². The maximum Gasteiger partial charge on any atom is 0.255 e. The Morgan fingerprint density at radius 1 is 1.06 bits per heavy atom. The first-order chi connectivity index (χ1) is 15.7. The second kappa shape index (κ2) is 9.72. The minimum atomic E-state index is -0.280. The first-order valence-electron chi connectivity index (χ1n) is 10.7. The van der Waals surface area contributed by atoms with Gasteiger partial charge >= 0.3 is 0 Å². The number of hydrogen-bond acceptors (Lipinski definition) is 6. The minimum absolute atomic E-state index is 0.280. The van der Waals surface area contributed by atoms with E-state index in [4.69, 9.17) is 19.3 Å². The zero-order valence-electron chi connectivity index (χ0n) is 18.6. The molecule has 1 aromatic carbocycles. The maximum atomic E-state index is 12.9. The van der Waals surface area contributed by atoms with E-state index in [1.807, 2.05) is 24.3 Å². The molecule has 0 aliphatic heterocycles. The summed E-state index contributed by atoms with van der Waals surface area (Å²) in [5.74, 6) is 0.925. The van der Waals surface area contributed by atoms with Crippen molar-refractivity contribution in [2.45, 2.75) is 38.3 Å². The zero-order valence-corrected chi connectivity index (χ0v) is 18.6. The van der Waals surface area contributed by atoms with Crippen LogP contribution in [0.2, 0.25) is 0 Å². The van der Waals surface area contributed by atoms with E-state index in [1.165, 1.54) is 34.2 Å². The van der Waals surface area contributed by atoms with Gasteiger partial charge in [-0.1, -0.05) is 18.9 Å². The minimum Gasteiger partial charge on any atom is -0.493 e. The number of pyridine rings is 1. The van der Waals surface area contributed by atoms with Gasteiger partial charge in [0.1, 0.15) is 0 Å². The number of carbonyl (C=O) groups is 1. The van der Waals surface area contributed by atoms with Crippen LogP contribution in [0.4, 0.5) is 0 Å². The van der Waals surface area contributed by atoms with Crippen LogP contribution in [0.3, 0.4) is 0 Å². The average molecular weight is 437 g/mol. The molecule has 1 amide bonds. The van der Waals surface area contributed by atoms with E-state index in [9.17, 15) is 4.79 Å². The van der Waals surface area contributed by atoms with E-state index < -0.39 is 0 Å². The fraction of sp³-hybridized carbons (Fsp3) is 0.375. The second-order valence-electron chi connectivity index (χ2n) is 7.68. The summed E-state index contributed by atoms with van der Waals surface area (Å²) in [5.41, 5.74) is 3.01. The monoisotopic (exact) mass is 436 g/mol. The molecule has 0 saturated heterocycles. The van der Waals surface area contributed by atoms with Crippen LogP contribution in [0.15, 0.2) is 42.6 Å². The summed E-state index contributed by atoms with van der Waals surface area (Å²) < 4.78 is 18.2. The Bertz CT molecular complexity index is 1080. The fourth-order valence-corrected chi connectivity index (χ4v) is 4.21. The lowest BCUT2D eigenvalue weighted by atomic mass is 10.1. The molecule has 4 rings (SSSR count). The van der Waals surface area contributed by atoms with E-state index in [0.29, 0.717) is 28.9 Å². The molecule has 1 aliphatic carbocycles. The Morgan fingerprint density at radius 3 is 2.50 bits per heavy atom. The summed E-state index contributed by atoms with van der Waals surface area (Å²) in [4.78, 5) is 17.5. The van der Waals surface area contributed by atoms with Gasteiger partial charge in [0.25, 0.3) is 5.91 Å². The van der Waals surface area contributed by atoms with Crippen LogP contribution in [-0.2, 0) is 6.54 Å². The number of ether oxygens (including phenoxy) is 3. The summed E-state index contributed by atoms with van der Waals surface area (Å²) in [6.07, 6.45) is 6.41. The lowest BCUT2D eigenvalue weighted by molar-refractivity contribution is 0.0946. The number of methoxy groups -OCH3 is 3. The highest BCUT2D eigenvalue weighted by atomic mass is 16.5. The van der Waals surface area contributed by atoms with Crippen molar-refractivity contribution in [1.29, 1.82) is 0 Å². The summed E-state index contributed by atoms with van der Waals surface area (Å²) in [6.45, 7) is 0.288. The largest absolute Gasteiger partial charge is 0.493 e. The standard InChI is InChI=1S/C24H28N4O4/c1-30-21-12-11-18(22(31-2)23(21)32-3)24(29)26-15-16-14-20(19-10-6-7-13-25-19)28(27-16)17-8-4-5-9-17/h6-7,10-14,17H,4-5,8-9,15H2,1-3H3,(H,26,29). The van der Waals surface area contributed by atoms with Crippen molar-refractivity contribution < 1.29 is 19.0 Å². The number of aromatic nitrogens is 3. The van der Waals surface area contributed by atoms with Crippen LogP contribution >= 0.6 is 0 Å². The molecule has 32 heavy (non-hydrogen) atoms. The van der Waals surface area contributed by atoms with Crippen LogP contribution in [-0.4, -0.2) is 42.0 Å². The maximum absolute atomic E-state index is 12.9. The van der Waals surface area contributed by atoms with Crippen LogP contribution in [0.5, 0.6) is 17.2 Å². The number of carbonyl (C=O) groups excluding carboxylic acids is 1. The van der Waals surface area contributed by atoms with Crippen molar-refractivity contribution >= 4 is 5.91 Å². The fourth-order valence-electron chi connectivity index (χ4n) is 4.21. The third-order valence-electron chi connectivity index (χ3n) is 5.76. The van der Waals surface area contributed by atoms with Crippen LogP contribution in [0.1, 0.15) is 47.8 Å². The van der Waals surface area contributed by atoms with Gasteiger partial charge in [-0.25, -0.2) is 0 Å². The van der Waals surface area contributed by atoms with Crippen molar-refractivity contribution in [2.24, 2.45) is 0 Å². The zero-order chi connectivity index (χ0) is 22.5. The molecule has 0 spiro atoms. The van der Waals surface area contributed by atoms with E-state index in [1.54, 1.807) is 18.3 Å². The highest BCUT2D eigenvalue weighted by Crippen LogP contribution is 2.39. The smallest absolute Gasteiger partial charge is 0.255 e. The number of amides is 1. The number of nitrogens with one attached hydrogen (secondary N) is 1. The molecule has 8 heteroatoms. The topological polar surface area (TPSA) is 87.5 Å². The van der Waals surface area contributed by atoms with Gasteiger partial charge in [-0.05, 0) is 43.2 Å². The van der Waals surface area contributed by atoms with Gasteiger partial charge in [0.15, 0.2) is 11.5 Å². The highest BCUT2D eigenvalue weighted by Gasteiger charge is 2.24. The van der Waals surface area contributed by atoms with E-state index in [0.717, 1.165) is 29.9 Å². The molecule has 0 radical (unpaired) electrons. The molecule has 3 aromatic rings. The van der Waals surface area contributed by atoms with E-state index in [2.05, 4.69) is 15.0 Å². The lowest BCUT2D eigenvalue weighted by Crippen LogP contribution is -2.24. The predicted octanol–water partition coefficient (Wildman–Crippen LogP) is 4.02. The number of hydrogen-bond donors (Lipinski definition) is 1. The Labute approximate surface area is 187 Å². The molecule has 1 saturated carbocycles. The van der Waals surface area contributed by atoms with Crippen LogP contribution < -0.4 is 19.5 Å². The summed E-state index contributed by atoms with van der Waals surface area (Å²) in [5, 5.41) is 7.77. The predicted molar refractivity (Wildman–Crippen MR) is 120 cm³/mol. The molecule has 0 bridgehead atoms. The highest BCUT2D eigenvalue weighted by molar-refractivity contribution is 5.98. The SMILES string of the molecule is COc1ccc(C(=O)NCc2cc(-c3ccccn3)n(C3CCCC3)n2)c(OC)c1OC. The molecule has 2 aromatic heterocycles. The molecule has 8 nitrogen and oxygen atoms in total. The number of rotatable bonds is 8. The molecule has 1 fully saturated rings. The quantitative estimate of drug-likeness (QED) is 0.574. The first-order valence-corrected chi connectivity index (χ1v) is 10.7. The first kappa shape index (κ1) is 21.7. The Balaban J connectivity index is 1.57. The second-order valence-corrected chi connectivity index (χ2v) is 7.68. The van der Waals surface area contributed by atoms with Crippen molar-refractivity contribution in [3.05, 3.63) is 53.9 Å². The van der Waals surface area contributed by atoms with Gasteiger partial charge in [0.2, 0.25) is 5.75 Å². The van der Waals surface area contributed by atoms with Crippen molar-refractivity contribution in [2.75, 3.05) is 21.3 Å². The van der Waals surface area contributed by atoms with Gasteiger partial charge in [0, 0.05) is 6.20 Å². The molecule has 168 valence electrons. The lowest BCUT2D eigenvalue weighted by Gasteiger charge is -2.15. The summed E-state index contributed by atoms with van der Waals surface area (Å²) >= 11 is 0. The average Bonchev–Trinajstić information content (AvgIpc) is 3.52. The van der Waals surface area contributed by atoms with E-state index in [-0.39, 0.29) is 12.5 Å². The van der Waals surface area contributed by atoms with E-state index >= 15 is 0 Å². The number of nitrogens with zero attached hydrogens (tertiary/aromatic N) is 3. The summed E-state index contributed by atoms with van der Waals surface area (Å²) in [7, 11) is 4.55. The number of benzene rings is 1. The molecular formula is C24H28N4O4. The van der Waals surface area contributed by atoms with Crippen molar-refractivity contribution in [1.82, 2.24) is 20.1 Å². The molecule has 1 N–H and O–H groups in total. The molecule has 1 aliphatic rings. The van der Waals surface area contributed by atoms with Crippen molar-refractivity contribution in [3.63, 3.8) is 0 Å². The molecule has 2 heterocycles. The molecule has 0 unspecified atom stereocenters. The summed E-state index contributed by atoms with van der Waals surface area (Å²) in [6, 6.07) is 11.6. The van der Waals surface area contributed by atoms with Gasteiger partial charge in [0.05, 0.1) is 56.6 Å². The Hall–Kier alpha value is -3.55. The van der Waals surface area contributed by atoms with Gasteiger partial charge in [-0.2, -0.15) is 5.10 Å². The van der Waals surface area contributed by atoms with Crippen LogP contribution in [0.25, 0.3) is 11.4 Å². The Kier molecular flexibility index (Phi) is 6.58. The Morgan fingerprint density at radius 2 is 1.84 bits per heavy atom. The van der Waals surface area contributed by atoms with Gasteiger partial charge < -0.3 is 19.5 Å². The molecule has 0 atom stereocenters. The third kappa shape index (κ3) is 4.26. The molecular weight excluding hydrogens is 408 g/mol. The normalized spacial score (nSPS) is 13.7. The van der Waals surface area contributed by atoms with Crippen LogP contribution in [0, 0.1) is 0 Å². The van der Waals surface area contributed by atoms with Gasteiger partial charge in [-0.15, -0.1) is 0 Å². The van der Waals surface area contributed by atoms with Crippen molar-refractivity contribution in [3.8, 4) is 28.6 Å².